The maximum atomic E-state index is 11.7. The zero-order valence-electron chi connectivity index (χ0n) is 12.4. The summed E-state index contributed by atoms with van der Waals surface area (Å²) >= 11 is 0. The van der Waals surface area contributed by atoms with Crippen molar-refractivity contribution in [3.8, 4) is 5.75 Å². The minimum atomic E-state index is -0.319. The molecule has 1 aromatic rings. The van der Waals surface area contributed by atoms with Gasteiger partial charge in [-0.05, 0) is 55.4 Å². The van der Waals surface area contributed by atoms with E-state index in [1.807, 2.05) is 6.07 Å². The highest BCUT2D eigenvalue weighted by atomic mass is 16.5. The Hall–Kier alpha value is -1.55. The maximum Gasteiger partial charge on any atom is 0.222 e. The van der Waals surface area contributed by atoms with Crippen LogP contribution in [0.15, 0.2) is 18.2 Å². The molecule has 4 nitrogen and oxygen atoms in total. The van der Waals surface area contributed by atoms with Gasteiger partial charge in [0.1, 0.15) is 5.75 Å². The minimum absolute atomic E-state index is 0.120. The van der Waals surface area contributed by atoms with Gasteiger partial charge in [-0.1, -0.05) is 6.07 Å². The minimum Gasteiger partial charge on any atom is -0.494 e. The monoisotopic (exact) mass is 289 g/mol. The summed E-state index contributed by atoms with van der Waals surface area (Å²) in [5.74, 6) is 1.04. The number of aryl methyl sites for hydroxylation is 2. The summed E-state index contributed by atoms with van der Waals surface area (Å²) in [4.78, 5) is 13.4. The molecule has 0 radical (unpaired) electrons. The van der Waals surface area contributed by atoms with Gasteiger partial charge in [-0.15, -0.1) is 0 Å². The van der Waals surface area contributed by atoms with Gasteiger partial charge in [0.05, 0.1) is 12.7 Å². The van der Waals surface area contributed by atoms with E-state index in [4.69, 9.17) is 9.84 Å². The lowest BCUT2D eigenvalue weighted by Crippen LogP contribution is -2.53. The third-order valence-corrected chi connectivity index (χ3v) is 4.34. The van der Waals surface area contributed by atoms with Crippen LogP contribution >= 0.6 is 0 Å². The number of aliphatic hydroxyl groups excluding tert-OH is 1. The highest BCUT2D eigenvalue weighted by Crippen LogP contribution is 2.25. The third-order valence-electron chi connectivity index (χ3n) is 4.34. The molecule has 1 aliphatic carbocycles. The molecule has 0 bridgehead atoms. The normalized spacial score (nSPS) is 18.0. The SMILES string of the molecule is O=C(CCCOc1ccc2c(c1)CCCC2)N1CC(O)C1. The van der Waals surface area contributed by atoms with Crippen molar-refractivity contribution >= 4 is 5.91 Å². The van der Waals surface area contributed by atoms with E-state index in [0.717, 1.165) is 18.6 Å². The number of β-amino-alcohol motifs (C(OH)–C–C–N with tert-alkyl or cyclic N) is 1. The van der Waals surface area contributed by atoms with Crippen molar-refractivity contribution in [2.45, 2.75) is 44.6 Å². The van der Waals surface area contributed by atoms with Gasteiger partial charge in [0.15, 0.2) is 0 Å². The van der Waals surface area contributed by atoms with E-state index in [2.05, 4.69) is 12.1 Å². The van der Waals surface area contributed by atoms with Crippen LogP contribution in [0.1, 0.15) is 36.8 Å². The molecule has 1 fully saturated rings. The molecule has 0 spiro atoms. The summed E-state index contributed by atoms with van der Waals surface area (Å²) in [5.41, 5.74) is 2.88. The van der Waals surface area contributed by atoms with Crippen molar-refractivity contribution in [3.63, 3.8) is 0 Å². The largest absolute Gasteiger partial charge is 0.494 e. The van der Waals surface area contributed by atoms with Gasteiger partial charge in [-0.25, -0.2) is 0 Å². The van der Waals surface area contributed by atoms with Crippen LogP contribution < -0.4 is 4.74 Å². The highest BCUT2D eigenvalue weighted by molar-refractivity contribution is 5.77. The third kappa shape index (κ3) is 3.56. The van der Waals surface area contributed by atoms with E-state index in [1.165, 1.54) is 30.4 Å². The topological polar surface area (TPSA) is 49.8 Å². The lowest BCUT2D eigenvalue weighted by molar-refractivity contribution is -0.141. The Morgan fingerprint density at radius 2 is 2.00 bits per heavy atom. The molecular weight excluding hydrogens is 266 g/mol. The van der Waals surface area contributed by atoms with Crippen LogP contribution in [0.25, 0.3) is 0 Å². The van der Waals surface area contributed by atoms with Gasteiger partial charge < -0.3 is 14.7 Å². The van der Waals surface area contributed by atoms with Crippen LogP contribution in [-0.4, -0.2) is 41.7 Å². The predicted molar refractivity (Wildman–Crippen MR) is 80.4 cm³/mol. The molecule has 0 unspecified atom stereocenters. The number of hydrogen-bond donors (Lipinski definition) is 1. The number of amides is 1. The van der Waals surface area contributed by atoms with Crippen molar-refractivity contribution < 1.29 is 14.6 Å². The first-order chi connectivity index (χ1) is 10.2. The lowest BCUT2D eigenvalue weighted by atomic mass is 9.92. The molecule has 1 amide bonds. The van der Waals surface area contributed by atoms with Crippen molar-refractivity contribution in [3.05, 3.63) is 29.3 Å². The number of rotatable bonds is 5. The highest BCUT2D eigenvalue weighted by Gasteiger charge is 2.27. The van der Waals surface area contributed by atoms with Crippen LogP contribution in [0.5, 0.6) is 5.75 Å². The molecule has 114 valence electrons. The predicted octanol–water partition coefficient (Wildman–Crippen LogP) is 1.93. The number of carbonyl (C=O) groups is 1. The molecule has 0 atom stereocenters. The molecule has 1 N–H and O–H groups in total. The van der Waals surface area contributed by atoms with Gasteiger partial charge in [0, 0.05) is 19.5 Å². The van der Waals surface area contributed by atoms with Crippen molar-refractivity contribution in [2.24, 2.45) is 0 Å². The van der Waals surface area contributed by atoms with Crippen LogP contribution in [0.3, 0.4) is 0 Å². The zero-order chi connectivity index (χ0) is 14.7. The number of nitrogens with zero attached hydrogens (tertiary/aromatic N) is 1. The van der Waals surface area contributed by atoms with E-state index in [1.54, 1.807) is 4.90 Å². The second-order valence-corrected chi connectivity index (χ2v) is 6.04. The molecule has 21 heavy (non-hydrogen) atoms. The summed E-state index contributed by atoms with van der Waals surface area (Å²) in [6.07, 6.45) is 5.81. The van der Waals surface area contributed by atoms with E-state index in [-0.39, 0.29) is 12.0 Å². The Bertz CT molecular complexity index is 509. The fourth-order valence-corrected chi connectivity index (χ4v) is 3.03. The first kappa shape index (κ1) is 14.4. The number of benzene rings is 1. The maximum absolute atomic E-state index is 11.7. The van der Waals surface area contributed by atoms with Crippen molar-refractivity contribution in [2.75, 3.05) is 19.7 Å². The Kier molecular flexibility index (Phi) is 4.44. The van der Waals surface area contributed by atoms with Gasteiger partial charge in [-0.2, -0.15) is 0 Å². The summed E-state index contributed by atoms with van der Waals surface area (Å²) in [5, 5.41) is 9.17. The molecule has 0 aromatic heterocycles. The average molecular weight is 289 g/mol. The first-order valence-electron chi connectivity index (χ1n) is 7.93. The standard InChI is InChI=1S/C17H23NO3/c19-15-11-18(12-15)17(20)6-3-9-21-16-8-7-13-4-1-2-5-14(13)10-16/h7-8,10,15,19H,1-6,9,11-12H2. The molecule has 1 heterocycles. The molecular formula is C17H23NO3. The smallest absolute Gasteiger partial charge is 0.222 e. The van der Waals surface area contributed by atoms with Gasteiger partial charge in [0.2, 0.25) is 5.91 Å². The summed E-state index contributed by atoms with van der Waals surface area (Å²) in [6.45, 7) is 1.55. The van der Waals surface area contributed by atoms with E-state index < -0.39 is 0 Å². The summed E-state index contributed by atoms with van der Waals surface area (Å²) in [6, 6.07) is 6.37. The van der Waals surface area contributed by atoms with Crippen molar-refractivity contribution in [1.82, 2.24) is 4.90 Å². The Balaban J connectivity index is 1.40. The molecule has 1 saturated heterocycles. The average Bonchev–Trinajstić information content (AvgIpc) is 2.48. The number of hydrogen-bond acceptors (Lipinski definition) is 3. The second-order valence-electron chi connectivity index (χ2n) is 6.04. The molecule has 4 heteroatoms. The fraction of sp³-hybridized carbons (Fsp3) is 0.588. The lowest BCUT2D eigenvalue weighted by Gasteiger charge is -2.35. The van der Waals surface area contributed by atoms with E-state index in [0.29, 0.717) is 26.1 Å². The molecule has 2 aliphatic rings. The second kappa shape index (κ2) is 6.48. The summed E-state index contributed by atoms with van der Waals surface area (Å²) < 4.78 is 5.75. The Morgan fingerprint density at radius 3 is 2.76 bits per heavy atom. The van der Waals surface area contributed by atoms with Crippen molar-refractivity contribution in [1.29, 1.82) is 0 Å². The molecule has 1 aromatic carbocycles. The Morgan fingerprint density at radius 1 is 1.24 bits per heavy atom. The van der Waals surface area contributed by atoms with Gasteiger partial charge in [0.25, 0.3) is 0 Å². The Labute approximate surface area is 125 Å². The van der Waals surface area contributed by atoms with Crippen LogP contribution in [-0.2, 0) is 17.6 Å². The van der Waals surface area contributed by atoms with Crippen LogP contribution in [0.2, 0.25) is 0 Å². The fourth-order valence-electron chi connectivity index (χ4n) is 3.03. The van der Waals surface area contributed by atoms with E-state index >= 15 is 0 Å². The van der Waals surface area contributed by atoms with Gasteiger partial charge in [-0.3, -0.25) is 4.79 Å². The molecule has 0 saturated carbocycles. The number of likely N-dealkylation sites (tertiary alicyclic amines) is 1. The van der Waals surface area contributed by atoms with E-state index in [9.17, 15) is 4.79 Å². The number of fused-ring (bicyclic) bond motifs is 1. The summed E-state index contributed by atoms with van der Waals surface area (Å²) in [7, 11) is 0. The zero-order valence-corrected chi connectivity index (χ0v) is 12.4. The van der Waals surface area contributed by atoms with Gasteiger partial charge >= 0.3 is 0 Å². The number of carbonyl (C=O) groups excluding carboxylic acids is 1. The molecule has 3 rings (SSSR count). The molecule has 1 aliphatic heterocycles. The number of ether oxygens (including phenoxy) is 1. The first-order valence-corrected chi connectivity index (χ1v) is 7.93. The number of aliphatic hydroxyl groups is 1. The quantitative estimate of drug-likeness (QED) is 0.843. The van der Waals surface area contributed by atoms with Crippen LogP contribution in [0.4, 0.5) is 0 Å². The van der Waals surface area contributed by atoms with Crippen LogP contribution in [0, 0.1) is 0 Å².